The third-order valence-electron chi connectivity index (χ3n) is 4.97. The predicted molar refractivity (Wildman–Crippen MR) is 103 cm³/mol. The molecule has 1 aliphatic rings. The SMILES string of the molecule is O=COC(O)CCN1CCC(OC(c2ccccc2)c2ccccc2)CC1. The molecule has 5 heteroatoms. The molecule has 27 heavy (non-hydrogen) atoms. The fourth-order valence-electron chi connectivity index (χ4n) is 3.49. The molecule has 0 saturated carbocycles. The number of nitrogens with zero attached hydrogens (tertiary/aromatic N) is 1. The number of aliphatic hydroxyl groups is 1. The Morgan fingerprint density at radius 1 is 1.00 bits per heavy atom. The zero-order valence-electron chi connectivity index (χ0n) is 15.4. The van der Waals surface area contributed by atoms with Crippen LogP contribution in [0.25, 0.3) is 0 Å². The summed E-state index contributed by atoms with van der Waals surface area (Å²) in [7, 11) is 0. The van der Waals surface area contributed by atoms with Gasteiger partial charge in [-0.3, -0.25) is 4.79 Å². The highest BCUT2D eigenvalue weighted by Gasteiger charge is 2.25. The summed E-state index contributed by atoms with van der Waals surface area (Å²) in [6.07, 6.45) is 1.44. The molecule has 1 unspecified atom stereocenters. The fraction of sp³-hybridized carbons (Fsp3) is 0.409. The number of likely N-dealkylation sites (tertiary alicyclic amines) is 1. The van der Waals surface area contributed by atoms with Crippen LogP contribution in [0, 0.1) is 0 Å². The third-order valence-corrected chi connectivity index (χ3v) is 4.97. The quantitative estimate of drug-likeness (QED) is 0.544. The molecule has 144 valence electrons. The third kappa shape index (κ3) is 5.89. The Labute approximate surface area is 160 Å². The van der Waals surface area contributed by atoms with Crippen molar-refractivity contribution in [2.75, 3.05) is 19.6 Å². The van der Waals surface area contributed by atoms with Crippen LogP contribution in [0.4, 0.5) is 0 Å². The van der Waals surface area contributed by atoms with Gasteiger partial charge in [-0.05, 0) is 24.0 Å². The number of rotatable bonds is 9. The number of carbonyl (C=O) groups excluding carboxylic acids is 1. The topological polar surface area (TPSA) is 59.0 Å². The molecule has 0 spiro atoms. The van der Waals surface area contributed by atoms with Crippen molar-refractivity contribution in [3.63, 3.8) is 0 Å². The highest BCUT2D eigenvalue weighted by molar-refractivity contribution is 5.37. The van der Waals surface area contributed by atoms with Crippen LogP contribution in [0.2, 0.25) is 0 Å². The normalized spacial score (nSPS) is 17.0. The highest BCUT2D eigenvalue weighted by atomic mass is 16.6. The molecular weight excluding hydrogens is 342 g/mol. The molecule has 0 bridgehead atoms. The lowest BCUT2D eigenvalue weighted by atomic mass is 10.00. The van der Waals surface area contributed by atoms with E-state index in [1.165, 1.54) is 11.1 Å². The first kappa shape index (κ1) is 19.5. The molecule has 1 N–H and O–H groups in total. The molecule has 1 heterocycles. The van der Waals surface area contributed by atoms with E-state index < -0.39 is 6.29 Å². The largest absolute Gasteiger partial charge is 0.438 e. The Bertz CT molecular complexity index is 632. The van der Waals surface area contributed by atoms with E-state index in [1.54, 1.807) is 0 Å². The number of ether oxygens (including phenoxy) is 2. The first-order chi connectivity index (χ1) is 13.3. The van der Waals surface area contributed by atoms with E-state index >= 15 is 0 Å². The van der Waals surface area contributed by atoms with Crippen molar-refractivity contribution in [3.8, 4) is 0 Å². The van der Waals surface area contributed by atoms with E-state index in [4.69, 9.17) is 4.74 Å². The maximum atomic E-state index is 10.2. The summed E-state index contributed by atoms with van der Waals surface area (Å²) >= 11 is 0. The van der Waals surface area contributed by atoms with Crippen molar-refractivity contribution < 1.29 is 19.4 Å². The van der Waals surface area contributed by atoms with Gasteiger partial charge in [0.1, 0.15) is 6.10 Å². The maximum Gasteiger partial charge on any atom is 0.295 e. The zero-order valence-corrected chi connectivity index (χ0v) is 15.4. The highest BCUT2D eigenvalue weighted by Crippen LogP contribution is 2.29. The van der Waals surface area contributed by atoms with Gasteiger partial charge in [0.15, 0.2) is 0 Å². The van der Waals surface area contributed by atoms with Crippen molar-refractivity contribution in [1.29, 1.82) is 0 Å². The van der Waals surface area contributed by atoms with Gasteiger partial charge in [0.2, 0.25) is 6.29 Å². The van der Waals surface area contributed by atoms with Crippen molar-refractivity contribution in [2.24, 2.45) is 0 Å². The van der Waals surface area contributed by atoms with Crippen LogP contribution in [0.5, 0.6) is 0 Å². The number of aliphatic hydroxyl groups excluding tert-OH is 1. The first-order valence-corrected chi connectivity index (χ1v) is 9.51. The van der Waals surface area contributed by atoms with Crippen molar-refractivity contribution in [3.05, 3.63) is 71.8 Å². The second kappa shape index (κ2) is 10.2. The van der Waals surface area contributed by atoms with Gasteiger partial charge in [0.05, 0.1) is 6.10 Å². The molecular formula is C22H27NO4. The van der Waals surface area contributed by atoms with Crippen LogP contribution >= 0.6 is 0 Å². The Morgan fingerprint density at radius 2 is 1.56 bits per heavy atom. The smallest absolute Gasteiger partial charge is 0.295 e. The van der Waals surface area contributed by atoms with Gasteiger partial charge in [0, 0.05) is 26.1 Å². The molecule has 2 aromatic rings. The van der Waals surface area contributed by atoms with Crippen molar-refractivity contribution in [1.82, 2.24) is 4.90 Å². The Morgan fingerprint density at radius 3 is 2.07 bits per heavy atom. The molecule has 0 radical (unpaired) electrons. The zero-order chi connectivity index (χ0) is 18.9. The van der Waals surface area contributed by atoms with Gasteiger partial charge in [-0.1, -0.05) is 60.7 Å². The molecule has 1 atom stereocenters. The monoisotopic (exact) mass is 369 g/mol. The fourth-order valence-corrected chi connectivity index (χ4v) is 3.49. The van der Waals surface area contributed by atoms with E-state index in [-0.39, 0.29) is 18.7 Å². The molecule has 0 aliphatic carbocycles. The minimum absolute atomic E-state index is 0.0632. The number of carbonyl (C=O) groups is 1. The summed E-state index contributed by atoms with van der Waals surface area (Å²) in [6, 6.07) is 20.7. The van der Waals surface area contributed by atoms with E-state index in [0.29, 0.717) is 13.0 Å². The molecule has 1 saturated heterocycles. The average molecular weight is 369 g/mol. The lowest BCUT2D eigenvalue weighted by molar-refractivity contribution is -0.153. The van der Waals surface area contributed by atoms with Crippen LogP contribution in [0.15, 0.2) is 60.7 Å². The number of hydrogen-bond acceptors (Lipinski definition) is 5. The summed E-state index contributed by atoms with van der Waals surface area (Å²) in [5.41, 5.74) is 2.33. The summed E-state index contributed by atoms with van der Waals surface area (Å²) in [5, 5.41) is 9.50. The Balaban J connectivity index is 1.56. The van der Waals surface area contributed by atoms with Gasteiger partial charge in [0.25, 0.3) is 6.47 Å². The van der Waals surface area contributed by atoms with Crippen LogP contribution < -0.4 is 0 Å². The minimum Gasteiger partial charge on any atom is -0.438 e. The first-order valence-electron chi connectivity index (χ1n) is 9.51. The van der Waals surface area contributed by atoms with Gasteiger partial charge < -0.3 is 19.5 Å². The molecule has 5 nitrogen and oxygen atoms in total. The molecule has 0 aromatic heterocycles. The second-order valence-corrected chi connectivity index (χ2v) is 6.85. The lowest BCUT2D eigenvalue weighted by Crippen LogP contribution is -2.39. The average Bonchev–Trinajstić information content (AvgIpc) is 2.73. The van der Waals surface area contributed by atoms with E-state index in [2.05, 4.69) is 33.9 Å². The molecule has 3 rings (SSSR count). The number of benzene rings is 2. The van der Waals surface area contributed by atoms with E-state index in [0.717, 1.165) is 25.9 Å². The van der Waals surface area contributed by atoms with Crippen LogP contribution in [-0.2, 0) is 14.3 Å². The summed E-state index contributed by atoms with van der Waals surface area (Å²) in [4.78, 5) is 12.5. The Hall–Kier alpha value is -2.21. The van der Waals surface area contributed by atoms with Crippen LogP contribution in [0.3, 0.4) is 0 Å². The predicted octanol–water partition coefficient (Wildman–Crippen LogP) is 3.14. The van der Waals surface area contributed by atoms with Crippen LogP contribution in [-0.4, -0.2) is 48.5 Å². The summed E-state index contributed by atoms with van der Waals surface area (Å²) in [6.45, 7) is 2.82. The summed E-state index contributed by atoms with van der Waals surface area (Å²) < 4.78 is 11.1. The standard InChI is InChI=1S/C22H27NO4/c24-17-26-21(25)13-16-23-14-11-20(12-15-23)27-22(18-7-3-1-4-8-18)19-9-5-2-6-10-19/h1-10,17,20-22,25H,11-16H2. The van der Waals surface area contributed by atoms with Gasteiger partial charge in [-0.2, -0.15) is 0 Å². The van der Waals surface area contributed by atoms with Crippen LogP contribution in [0.1, 0.15) is 36.5 Å². The van der Waals surface area contributed by atoms with E-state index in [1.807, 2.05) is 36.4 Å². The number of hydrogen-bond donors (Lipinski definition) is 1. The molecule has 1 fully saturated rings. The summed E-state index contributed by atoms with van der Waals surface area (Å²) in [5.74, 6) is 0. The van der Waals surface area contributed by atoms with Gasteiger partial charge in [-0.15, -0.1) is 0 Å². The van der Waals surface area contributed by atoms with E-state index in [9.17, 15) is 9.90 Å². The maximum absolute atomic E-state index is 10.2. The molecule has 1 aliphatic heterocycles. The van der Waals surface area contributed by atoms with Crippen molar-refractivity contribution in [2.45, 2.75) is 37.8 Å². The second-order valence-electron chi connectivity index (χ2n) is 6.85. The molecule has 2 aromatic carbocycles. The van der Waals surface area contributed by atoms with Gasteiger partial charge >= 0.3 is 0 Å². The number of piperidine rings is 1. The Kier molecular flexibility index (Phi) is 7.39. The minimum atomic E-state index is -1.02. The van der Waals surface area contributed by atoms with Gasteiger partial charge in [-0.25, -0.2) is 0 Å². The molecule has 0 amide bonds. The lowest BCUT2D eigenvalue weighted by Gasteiger charge is -2.34. The van der Waals surface area contributed by atoms with Crippen molar-refractivity contribution >= 4 is 6.47 Å².